The fourth-order valence-electron chi connectivity index (χ4n) is 2.51. The van der Waals surface area contributed by atoms with Crippen LogP contribution in [0.5, 0.6) is 0 Å². The molecule has 1 N–H and O–H groups in total. The van der Waals surface area contributed by atoms with Crippen molar-refractivity contribution in [3.8, 4) is 11.8 Å². The van der Waals surface area contributed by atoms with Gasteiger partial charge in [-0.05, 0) is 35.9 Å². The van der Waals surface area contributed by atoms with Gasteiger partial charge in [-0.15, -0.1) is 0 Å². The van der Waals surface area contributed by atoms with Crippen molar-refractivity contribution in [1.29, 1.82) is 5.26 Å². The molecule has 25 heavy (non-hydrogen) atoms. The average molecular weight is 327 g/mol. The van der Waals surface area contributed by atoms with Crippen molar-refractivity contribution in [3.63, 3.8) is 0 Å². The maximum Gasteiger partial charge on any atom is 0.262 e. The highest BCUT2D eigenvalue weighted by Gasteiger charge is 2.10. The third-order valence-electron chi connectivity index (χ3n) is 3.77. The lowest BCUT2D eigenvalue weighted by Gasteiger charge is -2.07. The van der Waals surface area contributed by atoms with E-state index < -0.39 is 0 Å². The van der Waals surface area contributed by atoms with E-state index in [2.05, 4.69) is 5.32 Å². The van der Waals surface area contributed by atoms with Gasteiger partial charge in [0.2, 0.25) is 0 Å². The maximum absolute atomic E-state index is 12.3. The summed E-state index contributed by atoms with van der Waals surface area (Å²) in [4.78, 5) is 12.3. The summed E-state index contributed by atoms with van der Waals surface area (Å²) in [5, 5.41) is 12.1. The van der Waals surface area contributed by atoms with Crippen LogP contribution >= 0.6 is 0 Å². The molecule has 0 aliphatic heterocycles. The highest BCUT2D eigenvalue weighted by atomic mass is 16.1. The molecule has 3 rings (SSSR count). The molecule has 4 heteroatoms. The molecular formula is C21H17N3O. The molecular weight excluding hydrogens is 310 g/mol. The molecule has 122 valence electrons. The lowest BCUT2D eigenvalue weighted by atomic mass is 10.2. The van der Waals surface area contributed by atoms with Gasteiger partial charge in [-0.3, -0.25) is 4.79 Å². The van der Waals surface area contributed by atoms with Gasteiger partial charge in [-0.1, -0.05) is 48.5 Å². The first-order valence-electron chi connectivity index (χ1n) is 7.94. The van der Waals surface area contributed by atoms with Crippen LogP contribution in [-0.2, 0) is 11.3 Å². The minimum absolute atomic E-state index is 0.0758. The standard InChI is InChI=1S/C21H17N3O/c22-15-18(21(25)23-16-17-8-3-1-4-9-17)14-20-12-7-13-24(20)19-10-5-2-6-11-19/h1-14H,16H2,(H,23,25)/b18-14-. The number of nitrogens with zero attached hydrogens (tertiary/aromatic N) is 2. The van der Waals surface area contributed by atoms with Gasteiger partial charge in [0.1, 0.15) is 11.6 Å². The molecule has 0 saturated carbocycles. The van der Waals surface area contributed by atoms with Gasteiger partial charge < -0.3 is 9.88 Å². The van der Waals surface area contributed by atoms with Gasteiger partial charge in [-0.25, -0.2) is 0 Å². The van der Waals surface area contributed by atoms with Crippen LogP contribution in [0, 0.1) is 11.3 Å². The smallest absolute Gasteiger partial charge is 0.262 e. The zero-order valence-electron chi connectivity index (χ0n) is 13.6. The molecule has 0 aliphatic rings. The lowest BCUT2D eigenvalue weighted by Crippen LogP contribution is -2.24. The van der Waals surface area contributed by atoms with Crippen molar-refractivity contribution in [3.05, 3.63) is 95.8 Å². The Morgan fingerprint density at radius 3 is 2.36 bits per heavy atom. The molecule has 0 atom stereocenters. The minimum Gasteiger partial charge on any atom is -0.347 e. The Hall–Kier alpha value is -3.58. The Kier molecular flexibility index (Phi) is 5.08. The zero-order valence-corrected chi connectivity index (χ0v) is 13.6. The normalized spacial score (nSPS) is 10.9. The second-order valence-corrected chi connectivity index (χ2v) is 5.48. The van der Waals surface area contributed by atoms with Crippen molar-refractivity contribution in [2.24, 2.45) is 0 Å². The SMILES string of the molecule is N#C/C(=C/c1cccn1-c1ccccc1)C(=O)NCc1ccccc1. The highest BCUT2D eigenvalue weighted by molar-refractivity contribution is 6.01. The summed E-state index contributed by atoms with van der Waals surface area (Å²) in [5.41, 5.74) is 2.81. The maximum atomic E-state index is 12.3. The third-order valence-corrected chi connectivity index (χ3v) is 3.77. The number of nitrogens with one attached hydrogen (secondary N) is 1. The van der Waals surface area contributed by atoms with Crippen LogP contribution in [0.25, 0.3) is 11.8 Å². The van der Waals surface area contributed by atoms with E-state index in [4.69, 9.17) is 0 Å². The van der Waals surface area contributed by atoms with Crippen molar-refractivity contribution in [2.75, 3.05) is 0 Å². The molecule has 0 radical (unpaired) electrons. The Labute approximate surface area is 146 Å². The van der Waals surface area contributed by atoms with Gasteiger partial charge in [0, 0.05) is 24.1 Å². The number of nitriles is 1. The molecule has 1 aromatic heterocycles. The topological polar surface area (TPSA) is 57.8 Å². The summed E-state index contributed by atoms with van der Waals surface area (Å²) >= 11 is 0. The van der Waals surface area contributed by atoms with Crippen molar-refractivity contribution >= 4 is 12.0 Å². The summed E-state index contributed by atoms with van der Waals surface area (Å²) < 4.78 is 1.93. The van der Waals surface area contributed by atoms with Crippen molar-refractivity contribution in [1.82, 2.24) is 9.88 Å². The summed E-state index contributed by atoms with van der Waals surface area (Å²) in [6, 6.07) is 25.1. The number of hydrogen-bond donors (Lipinski definition) is 1. The van der Waals surface area contributed by atoms with E-state index in [1.165, 1.54) is 0 Å². The van der Waals surface area contributed by atoms with Crippen molar-refractivity contribution < 1.29 is 4.79 Å². The number of carbonyl (C=O) groups excluding carboxylic acids is 1. The molecule has 4 nitrogen and oxygen atoms in total. The molecule has 0 saturated heterocycles. The summed E-state index contributed by atoms with van der Waals surface area (Å²) in [5.74, 6) is -0.382. The fraction of sp³-hybridized carbons (Fsp3) is 0.0476. The summed E-state index contributed by atoms with van der Waals surface area (Å²) in [6.45, 7) is 0.387. The van der Waals surface area contributed by atoms with Crippen LogP contribution in [0.3, 0.4) is 0 Å². The molecule has 0 unspecified atom stereocenters. The molecule has 2 aromatic carbocycles. The van der Waals surface area contributed by atoms with Crippen LogP contribution in [-0.4, -0.2) is 10.5 Å². The monoisotopic (exact) mass is 327 g/mol. The number of carbonyl (C=O) groups is 1. The summed E-state index contributed by atoms with van der Waals surface area (Å²) in [6.07, 6.45) is 3.51. The third kappa shape index (κ3) is 4.04. The molecule has 0 fully saturated rings. The molecule has 1 amide bonds. The quantitative estimate of drug-likeness (QED) is 0.574. The Morgan fingerprint density at radius 2 is 1.68 bits per heavy atom. The largest absolute Gasteiger partial charge is 0.347 e. The van der Waals surface area contributed by atoms with E-state index in [0.717, 1.165) is 16.9 Å². The van der Waals surface area contributed by atoms with E-state index in [1.54, 1.807) is 6.08 Å². The van der Waals surface area contributed by atoms with E-state index in [0.29, 0.717) is 6.54 Å². The van der Waals surface area contributed by atoms with E-state index in [1.807, 2.05) is 89.6 Å². The molecule has 3 aromatic rings. The number of amides is 1. The number of para-hydroxylation sites is 1. The minimum atomic E-state index is -0.382. The van der Waals surface area contributed by atoms with Gasteiger partial charge in [0.25, 0.3) is 5.91 Å². The van der Waals surface area contributed by atoms with Gasteiger partial charge in [0.05, 0.1) is 0 Å². The van der Waals surface area contributed by atoms with Crippen LogP contribution < -0.4 is 5.32 Å². The second kappa shape index (κ2) is 7.80. The first-order valence-corrected chi connectivity index (χ1v) is 7.94. The van der Waals surface area contributed by atoms with E-state index in [9.17, 15) is 10.1 Å². The number of hydrogen-bond acceptors (Lipinski definition) is 2. The van der Waals surface area contributed by atoms with Crippen LogP contribution in [0.2, 0.25) is 0 Å². The van der Waals surface area contributed by atoms with Crippen LogP contribution in [0.15, 0.2) is 84.6 Å². The van der Waals surface area contributed by atoms with Gasteiger partial charge in [0.15, 0.2) is 0 Å². The van der Waals surface area contributed by atoms with Crippen LogP contribution in [0.1, 0.15) is 11.3 Å². The number of rotatable bonds is 5. The Balaban J connectivity index is 1.78. The zero-order chi connectivity index (χ0) is 17.5. The molecule has 1 heterocycles. The highest BCUT2D eigenvalue weighted by Crippen LogP contribution is 2.15. The first-order chi connectivity index (χ1) is 12.3. The van der Waals surface area contributed by atoms with Crippen molar-refractivity contribution in [2.45, 2.75) is 6.54 Å². The Bertz CT molecular complexity index is 919. The fourth-order valence-corrected chi connectivity index (χ4v) is 2.51. The Morgan fingerprint density at radius 1 is 1.00 bits per heavy atom. The molecule has 0 bridgehead atoms. The van der Waals surface area contributed by atoms with Gasteiger partial charge in [-0.2, -0.15) is 5.26 Å². The average Bonchev–Trinajstić information content (AvgIpc) is 3.14. The van der Waals surface area contributed by atoms with Gasteiger partial charge >= 0.3 is 0 Å². The first kappa shape index (κ1) is 16.3. The molecule has 0 spiro atoms. The number of benzene rings is 2. The molecule has 0 aliphatic carbocycles. The number of aromatic nitrogens is 1. The van der Waals surface area contributed by atoms with E-state index >= 15 is 0 Å². The van der Waals surface area contributed by atoms with E-state index in [-0.39, 0.29) is 11.5 Å². The lowest BCUT2D eigenvalue weighted by molar-refractivity contribution is -0.117. The second-order valence-electron chi connectivity index (χ2n) is 5.48. The predicted octanol–water partition coefficient (Wildman–Crippen LogP) is 3.70. The predicted molar refractivity (Wildman–Crippen MR) is 97.6 cm³/mol. The summed E-state index contributed by atoms with van der Waals surface area (Å²) in [7, 11) is 0. The van der Waals surface area contributed by atoms with Crippen LogP contribution in [0.4, 0.5) is 0 Å².